The second-order valence-electron chi connectivity index (χ2n) is 7.01. The van der Waals surface area contributed by atoms with Crippen LogP contribution in [0.3, 0.4) is 0 Å². The highest BCUT2D eigenvalue weighted by atomic mass is 35.5. The van der Waals surface area contributed by atoms with Crippen LogP contribution in [0.1, 0.15) is 41.1 Å². The highest BCUT2D eigenvalue weighted by Crippen LogP contribution is 2.35. The molecule has 4 rings (SSSR count). The molecule has 146 valence electrons. The molecule has 0 radical (unpaired) electrons. The van der Waals surface area contributed by atoms with Crippen LogP contribution in [0, 0.1) is 0 Å². The van der Waals surface area contributed by atoms with Crippen molar-refractivity contribution < 1.29 is 9.53 Å². The van der Waals surface area contributed by atoms with Crippen LogP contribution in [-0.4, -0.2) is 22.6 Å². The van der Waals surface area contributed by atoms with Crippen molar-refractivity contribution in [3.05, 3.63) is 61.5 Å². The Kier molecular flexibility index (Phi) is 5.51. The van der Waals surface area contributed by atoms with Gasteiger partial charge in [0.15, 0.2) is 0 Å². The number of nitrogens with zero attached hydrogens (tertiary/aromatic N) is 2. The molecule has 1 aliphatic carbocycles. The zero-order valence-electron chi connectivity index (χ0n) is 15.7. The molecule has 0 aliphatic heterocycles. The van der Waals surface area contributed by atoms with Crippen molar-refractivity contribution in [3.8, 4) is 0 Å². The van der Waals surface area contributed by atoms with E-state index in [0.717, 1.165) is 40.9 Å². The molecular formula is C21H21ClN2O3S. The number of benzene rings is 1. The second-order valence-corrected chi connectivity index (χ2v) is 8.53. The average molecular weight is 417 g/mol. The van der Waals surface area contributed by atoms with Gasteiger partial charge in [0.05, 0.1) is 12.5 Å². The van der Waals surface area contributed by atoms with Gasteiger partial charge in [0, 0.05) is 29.3 Å². The minimum absolute atomic E-state index is 0.0122. The summed E-state index contributed by atoms with van der Waals surface area (Å²) in [4.78, 5) is 31.8. The first-order valence-corrected chi connectivity index (χ1v) is 10.6. The van der Waals surface area contributed by atoms with Crippen molar-refractivity contribution in [2.75, 3.05) is 7.11 Å². The molecule has 5 nitrogen and oxygen atoms in total. The lowest BCUT2D eigenvalue weighted by atomic mass is 10.1. The van der Waals surface area contributed by atoms with E-state index in [9.17, 15) is 9.59 Å². The number of ether oxygens (including phenoxy) is 1. The Morgan fingerprint density at radius 3 is 2.82 bits per heavy atom. The largest absolute Gasteiger partial charge is 0.469 e. The van der Waals surface area contributed by atoms with Crippen LogP contribution >= 0.6 is 22.9 Å². The maximum atomic E-state index is 13.4. The average Bonchev–Trinajstić information content (AvgIpc) is 3.26. The van der Waals surface area contributed by atoms with Gasteiger partial charge in [0.1, 0.15) is 10.7 Å². The van der Waals surface area contributed by atoms with Crippen LogP contribution in [0.15, 0.2) is 29.1 Å². The van der Waals surface area contributed by atoms with Gasteiger partial charge in [-0.05, 0) is 48.9 Å². The maximum Gasteiger partial charge on any atom is 0.305 e. The SMILES string of the molecule is COC(=O)CCCn1c(Cc2ccc(Cl)cc2)nc2sc3c(c2c1=O)CCC3. The normalized spacial score (nSPS) is 13.1. The van der Waals surface area contributed by atoms with E-state index in [4.69, 9.17) is 21.3 Å². The first kappa shape index (κ1) is 19.2. The number of fused-ring (bicyclic) bond motifs is 3. The molecule has 0 N–H and O–H groups in total. The monoisotopic (exact) mass is 416 g/mol. The van der Waals surface area contributed by atoms with Crippen LogP contribution in [0.25, 0.3) is 10.2 Å². The number of hydrogen-bond donors (Lipinski definition) is 0. The quantitative estimate of drug-likeness (QED) is 0.566. The smallest absolute Gasteiger partial charge is 0.305 e. The summed E-state index contributed by atoms with van der Waals surface area (Å²) >= 11 is 7.64. The van der Waals surface area contributed by atoms with Crippen LogP contribution in [0.4, 0.5) is 0 Å². The molecule has 2 heterocycles. The van der Waals surface area contributed by atoms with Crippen LogP contribution < -0.4 is 5.56 Å². The molecule has 0 bridgehead atoms. The number of rotatable bonds is 6. The van der Waals surface area contributed by atoms with Crippen LogP contribution in [0.5, 0.6) is 0 Å². The Hall–Kier alpha value is -2.18. The molecule has 0 spiro atoms. The molecule has 28 heavy (non-hydrogen) atoms. The first-order valence-electron chi connectivity index (χ1n) is 9.42. The molecule has 0 fully saturated rings. The molecule has 0 atom stereocenters. The summed E-state index contributed by atoms with van der Waals surface area (Å²) in [6.45, 7) is 0.449. The van der Waals surface area contributed by atoms with Gasteiger partial charge in [0.2, 0.25) is 0 Å². The van der Waals surface area contributed by atoms with Crippen LogP contribution in [-0.2, 0) is 35.3 Å². The number of carbonyl (C=O) groups is 1. The highest BCUT2D eigenvalue weighted by Gasteiger charge is 2.23. The Balaban J connectivity index is 1.74. The number of carbonyl (C=O) groups excluding carboxylic acids is 1. The van der Waals surface area contributed by atoms with E-state index in [-0.39, 0.29) is 17.9 Å². The lowest BCUT2D eigenvalue weighted by Crippen LogP contribution is -2.26. The van der Waals surface area contributed by atoms with Gasteiger partial charge < -0.3 is 4.74 Å². The Bertz CT molecular complexity index is 1090. The van der Waals surface area contributed by atoms with E-state index in [1.807, 2.05) is 24.3 Å². The van der Waals surface area contributed by atoms with E-state index >= 15 is 0 Å². The Morgan fingerprint density at radius 1 is 1.29 bits per heavy atom. The standard InChI is InChI=1S/C21H21ClN2O3S/c1-27-18(25)6-3-11-24-17(12-13-7-9-14(22)10-8-13)23-20-19(21(24)26)15-4-2-5-16(15)28-20/h7-10H,2-6,11-12H2,1H3. The topological polar surface area (TPSA) is 61.2 Å². The molecule has 0 amide bonds. The van der Waals surface area contributed by atoms with E-state index in [1.165, 1.54) is 17.6 Å². The maximum absolute atomic E-state index is 13.4. The molecule has 3 aromatic rings. The van der Waals surface area contributed by atoms with E-state index in [1.54, 1.807) is 15.9 Å². The fraction of sp³-hybridized carbons (Fsp3) is 0.381. The summed E-state index contributed by atoms with van der Waals surface area (Å²) in [6, 6.07) is 7.58. The molecule has 0 unspecified atom stereocenters. The van der Waals surface area contributed by atoms with Gasteiger partial charge in [-0.15, -0.1) is 11.3 Å². The third kappa shape index (κ3) is 3.71. The van der Waals surface area contributed by atoms with Crippen molar-refractivity contribution in [2.45, 2.75) is 45.1 Å². The van der Waals surface area contributed by atoms with E-state index in [2.05, 4.69) is 0 Å². The summed E-state index contributed by atoms with van der Waals surface area (Å²) < 4.78 is 6.46. The van der Waals surface area contributed by atoms with Crippen molar-refractivity contribution >= 4 is 39.1 Å². The van der Waals surface area contributed by atoms with Crippen molar-refractivity contribution in [1.29, 1.82) is 0 Å². The predicted octanol–water partition coefficient (Wildman–Crippen LogP) is 4.14. The number of aromatic nitrogens is 2. The molecule has 0 saturated heterocycles. The van der Waals surface area contributed by atoms with Crippen molar-refractivity contribution in [2.24, 2.45) is 0 Å². The summed E-state index contributed by atoms with van der Waals surface area (Å²) in [6.07, 6.45) is 4.45. The molecule has 1 aliphatic rings. The van der Waals surface area contributed by atoms with Crippen molar-refractivity contribution in [3.63, 3.8) is 0 Å². The molecule has 0 saturated carbocycles. The fourth-order valence-electron chi connectivity index (χ4n) is 3.75. The fourth-order valence-corrected chi connectivity index (χ4v) is 5.15. The first-order chi connectivity index (χ1) is 13.6. The Morgan fingerprint density at radius 2 is 2.07 bits per heavy atom. The predicted molar refractivity (Wildman–Crippen MR) is 111 cm³/mol. The second kappa shape index (κ2) is 8.05. The minimum atomic E-state index is -0.266. The molecule has 7 heteroatoms. The van der Waals surface area contributed by atoms with Gasteiger partial charge in [-0.1, -0.05) is 23.7 Å². The zero-order valence-corrected chi connectivity index (χ0v) is 17.2. The Labute approximate surface area is 171 Å². The number of aryl methyl sites for hydroxylation is 2. The third-order valence-corrected chi connectivity index (χ3v) is 6.61. The number of methoxy groups -OCH3 is 1. The van der Waals surface area contributed by atoms with E-state index < -0.39 is 0 Å². The van der Waals surface area contributed by atoms with Gasteiger partial charge >= 0.3 is 5.97 Å². The summed E-state index contributed by atoms with van der Waals surface area (Å²) in [5, 5.41) is 1.45. The van der Waals surface area contributed by atoms with E-state index in [0.29, 0.717) is 24.4 Å². The summed E-state index contributed by atoms with van der Waals surface area (Å²) in [7, 11) is 1.38. The highest BCUT2D eigenvalue weighted by molar-refractivity contribution is 7.18. The number of halogens is 1. The minimum Gasteiger partial charge on any atom is -0.469 e. The third-order valence-electron chi connectivity index (χ3n) is 5.17. The van der Waals surface area contributed by atoms with Gasteiger partial charge in [-0.25, -0.2) is 4.98 Å². The van der Waals surface area contributed by atoms with Gasteiger partial charge in [0.25, 0.3) is 5.56 Å². The zero-order chi connectivity index (χ0) is 19.7. The number of thiophene rings is 1. The molecular weight excluding hydrogens is 396 g/mol. The van der Waals surface area contributed by atoms with Crippen LogP contribution in [0.2, 0.25) is 5.02 Å². The number of esters is 1. The molecule has 1 aromatic carbocycles. The summed E-state index contributed by atoms with van der Waals surface area (Å²) in [5.41, 5.74) is 2.23. The lowest BCUT2D eigenvalue weighted by Gasteiger charge is -2.13. The van der Waals surface area contributed by atoms with Gasteiger partial charge in [-0.2, -0.15) is 0 Å². The molecule has 2 aromatic heterocycles. The van der Waals surface area contributed by atoms with Gasteiger partial charge in [-0.3, -0.25) is 14.2 Å². The lowest BCUT2D eigenvalue weighted by molar-refractivity contribution is -0.140. The summed E-state index contributed by atoms with van der Waals surface area (Å²) in [5.74, 6) is 0.461. The van der Waals surface area contributed by atoms with Crippen molar-refractivity contribution in [1.82, 2.24) is 9.55 Å². The number of hydrogen-bond acceptors (Lipinski definition) is 5.